The molecular weight excluding hydrogens is 334 g/mol. The van der Waals surface area contributed by atoms with Crippen LogP contribution in [0, 0.1) is 5.41 Å². The molecule has 1 aliphatic rings. The Morgan fingerprint density at radius 2 is 2.05 bits per heavy atom. The molecule has 20 heavy (non-hydrogen) atoms. The number of carbonyl (C=O) groups excluding carboxylic acids is 1. The third-order valence-electron chi connectivity index (χ3n) is 4.22. The van der Waals surface area contributed by atoms with E-state index in [-0.39, 0.29) is 11.3 Å². The molecule has 0 radical (unpaired) electrons. The van der Waals surface area contributed by atoms with Crippen molar-refractivity contribution in [2.24, 2.45) is 5.41 Å². The first-order valence-electron chi connectivity index (χ1n) is 7.05. The number of halogens is 1. The van der Waals surface area contributed by atoms with E-state index in [1.54, 1.807) is 11.3 Å². The molecular formula is C16H18BrNOS. The molecule has 2 aromatic rings. The van der Waals surface area contributed by atoms with Crippen LogP contribution in [0.2, 0.25) is 0 Å². The van der Waals surface area contributed by atoms with Crippen LogP contribution in [0.1, 0.15) is 35.4 Å². The van der Waals surface area contributed by atoms with Crippen LogP contribution in [0.25, 0.3) is 10.1 Å². The molecule has 4 heteroatoms. The lowest BCUT2D eigenvalue weighted by molar-refractivity contribution is 0.0939. The van der Waals surface area contributed by atoms with E-state index in [2.05, 4.69) is 33.4 Å². The second-order valence-corrected chi connectivity index (χ2v) is 7.32. The summed E-state index contributed by atoms with van der Waals surface area (Å²) in [6.07, 6.45) is 4.99. The van der Waals surface area contributed by atoms with E-state index in [0.717, 1.165) is 22.1 Å². The quantitative estimate of drug-likeness (QED) is 0.802. The molecule has 1 amide bonds. The van der Waals surface area contributed by atoms with Gasteiger partial charge in [-0.3, -0.25) is 4.79 Å². The van der Waals surface area contributed by atoms with Gasteiger partial charge in [0.2, 0.25) is 0 Å². The minimum absolute atomic E-state index is 0.0680. The fourth-order valence-electron chi connectivity index (χ4n) is 2.93. The molecule has 1 aromatic heterocycles. The third-order valence-corrected chi connectivity index (χ3v) is 6.53. The molecule has 1 N–H and O–H groups in total. The molecule has 2 nitrogen and oxygen atoms in total. The van der Waals surface area contributed by atoms with E-state index in [0.29, 0.717) is 0 Å². The van der Waals surface area contributed by atoms with Gasteiger partial charge in [0.05, 0.1) is 4.88 Å². The van der Waals surface area contributed by atoms with Crippen LogP contribution in [0.3, 0.4) is 0 Å². The minimum Gasteiger partial charge on any atom is -0.351 e. The van der Waals surface area contributed by atoms with Crippen LogP contribution < -0.4 is 5.32 Å². The van der Waals surface area contributed by atoms with Gasteiger partial charge >= 0.3 is 0 Å². The smallest absolute Gasteiger partial charge is 0.261 e. The lowest BCUT2D eigenvalue weighted by Crippen LogP contribution is -2.36. The van der Waals surface area contributed by atoms with Crippen LogP contribution >= 0.6 is 27.3 Å². The Hall–Kier alpha value is -0.870. The maximum absolute atomic E-state index is 12.3. The summed E-state index contributed by atoms with van der Waals surface area (Å²) < 4.78 is 1.17. The Morgan fingerprint density at radius 3 is 2.75 bits per heavy atom. The van der Waals surface area contributed by atoms with Crippen LogP contribution in [0.15, 0.2) is 30.3 Å². The molecule has 0 saturated heterocycles. The van der Waals surface area contributed by atoms with Gasteiger partial charge in [0.1, 0.15) is 0 Å². The van der Waals surface area contributed by atoms with E-state index in [1.807, 2.05) is 18.2 Å². The van der Waals surface area contributed by atoms with Crippen LogP contribution in [-0.2, 0) is 0 Å². The van der Waals surface area contributed by atoms with E-state index in [1.165, 1.54) is 30.4 Å². The fourth-order valence-corrected chi connectivity index (χ4v) is 4.67. The molecule has 0 bridgehead atoms. The van der Waals surface area contributed by atoms with Crippen molar-refractivity contribution in [2.75, 3.05) is 11.9 Å². The summed E-state index contributed by atoms with van der Waals surface area (Å²) in [6, 6.07) is 10.1. The first-order valence-corrected chi connectivity index (χ1v) is 8.99. The largest absolute Gasteiger partial charge is 0.351 e. The Bertz CT molecular complexity index is 583. The van der Waals surface area contributed by atoms with Crippen molar-refractivity contribution < 1.29 is 4.79 Å². The Balaban J connectivity index is 1.69. The van der Waals surface area contributed by atoms with Crippen LogP contribution in [-0.4, -0.2) is 17.8 Å². The number of nitrogens with one attached hydrogen (secondary N) is 1. The Kier molecular flexibility index (Phi) is 4.13. The molecule has 1 aliphatic carbocycles. The first kappa shape index (κ1) is 14.1. The summed E-state index contributed by atoms with van der Waals surface area (Å²) in [7, 11) is 0. The maximum atomic E-state index is 12.3. The predicted octanol–water partition coefficient (Wildman–Crippen LogP) is 4.59. The molecule has 106 valence electrons. The van der Waals surface area contributed by atoms with Crippen LogP contribution in [0.5, 0.6) is 0 Å². The topological polar surface area (TPSA) is 29.1 Å². The third kappa shape index (κ3) is 2.77. The van der Waals surface area contributed by atoms with Gasteiger partial charge in [-0.1, -0.05) is 47.0 Å². The second kappa shape index (κ2) is 5.86. The maximum Gasteiger partial charge on any atom is 0.261 e. The Morgan fingerprint density at radius 1 is 1.30 bits per heavy atom. The van der Waals surface area contributed by atoms with Gasteiger partial charge in [-0.25, -0.2) is 0 Å². The number of fused-ring (bicyclic) bond motifs is 1. The van der Waals surface area contributed by atoms with Gasteiger partial charge < -0.3 is 5.32 Å². The highest BCUT2D eigenvalue weighted by molar-refractivity contribution is 9.09. The number of carbonyl (C=O) groups is 1. The number of thiophene rings is 1. The zero-order chi connectivity index (χ0) is 14.0. The number of benzene rings is 1. The standard InChI is InChI=1S/C16H18BrNOS/c17-10-16(7-3-4-8-16)11-18-15(19)14-9-12-5-1-2-6-13(12)20-14/h1-2,5-6,9H,3-4,7-8,10-11H2,(H,18,19). The van der Waals surface area contributed by atoms with Crippen molar-refractivity contribution in [3.63, 3.8) is 0 Å². The van der Waals surface area contributed by atoms with Gasteiger partial charge in [0, 0.05) is 16.6 Å². The average molecular weight is 352 g/mol. The van der Waals surface area contributed by atoms with Gasteiger partial charge in [0.25, 0.3) is 5.91 Å². The number of amides is 1. The lowest BCUT2D eigenvalue weighted by atomic mass is 9.89. The summed E-state index contributed by atoms with van der Waals surface area (Å²) in [5.74, 6) is 0.0680. The molecule has 0 aliphatic heterocycles. The number of rotatable bonds is 4. The molecule has 1 aromatic carbocycles. The average Bonchev–Trinajstić information content (AvgIpc) is 3.12. The van der Waals surface area contributed by atoms with E-state index in [9.17, 15) is 4.79 Å². The van der Waals surface area contributed by atoms with Crippen molar-refractivity contribution in [3.8, 4) is 0 Å². The van der Waals surface area contributed by atoms with Crippen LogP contribution in [0.4, 0.5) is 0 Å². The summed E-state index contributed by atoms with van der Waals surface area (Å²) in [5.41, 5.74) is 0.270. The SMILES string of the molecule is O=C(NCC1(CBr)CCCC1)c1cc2ccccc2s1. The summed E-state index contributed by atoms with van der Waals surface area (Å²) >= 11 is 5.19. The summed E-state index contributed by atoms with van der Waals surface area (Å²) in [4.78, 5) is 13.1. The highest BCUT2D eigenvalue weighted by atomic mass is 79.9. The van der Waals surface area contributed by atoms with Crippen molar-refractivity contribution >= 4 is 43.3 Å². The molecule has 1 heterocycles. The molecule has 0 unspecified atom stereocenters. The second-order valence-electron chi connectivity index (χ2n) is 5.67. The Labute approximate surface area is 131 Å². The normalized spacial score (nSPS) is 17.4. The summed E-state index contributed by atoms with van der Waals surface area (Å²) in [6.45, 7) is 0.783. The molecule has 0 atom stereocenters. The molecule has 3 rings (SSSR count). The molecule has 1 fully saturated rings. The van der Waals surface area contributed by atoms with E-state index in [4.69, 9.17) is 0 Å². The minimum atomic E-state index is 0.0680. The van der Waals surface area contributed by atoms with E-state index >= 15 is 0 Å². The molecule has 1 saturated carbocycles. The number of hydrogen-bond donors (Lipinski definition) is 1. The van der Waals surface area contributed by atoms with Gasteiger partial charge in [-0.2, -0.15) is 0 Å². The van der Waals surface area contributed by atoms with Crippen molar-refractivity contribution in [2.45, 2.75) is 25.7 Å². The van der Waals surface area contributed by atoms with Crippen molar-refractivity contribution in [1.82, 2.24) is 5.32 Å². The first-order chi connectivity index (χ1) is 9.72. The number of hydrogen-bond acceptors (Lipinski definition) is 2. The predicted molar refractivity (Wildman–Crippen MR) is 88.9 cm³/mol. The highest BCUT2D eigenvalue weighted by Crippen LogP contribution is 2.39. The highest BCUT2D eigenvalue weighted by Gasteiger charge is 2.33. The number of alkyl halides is 1. The van der Waals surface area contributed by atoms with Crippen molar-refractivity contribution in [1.29, 1.82) is 0 Å². The summed E-state index contributed by atoms with van der Waals surface area (Å²) in [5, 5.41) is 5.27. The monoisotopic (exact) mass is 351 g/mol. The van der Waals surface area contributed by atoms with Gasteiger partial charge in [-0.15, -0.1) is 11.3 Å². The molecule has 0 spiro atoms. The zero-order valence-electron chi connectivity index (χ0n) is 11.3. The lowest BCUT2D eigenvalue weighted by Gasteiger charge is -2.26. The van der Waals surface area contributed by atoms with Gasteiger partial charge in [-0.05, 0) is 35.8 Å². The van der Waals surface area contributed by atoms with Crippen molar-refractivity contribution in [3.05, 3.63) is 35.2 Å². The fraction of sp³-hybridized carbons (Fsp3) is 0.438. The zero-order valence-corrected chi connectivity index (χ0v) is 13.7. The van der Waals surface area contributed by atoms with Gasteiger partial charge in [0.15, 0.2) is 0 Å². The van der Waals surface area contributed by atoms with E-state index < -0.39 is 0 Å².